The number of nitrogens with two attached hydrogens (primary N) is 1. The van der Waals surface area contributed by atoms with Gasteiger partial charge in [-0.1, -0.05) is 0 Å². The predicted octanol–water partition coefficient (Wildman–Crippen LogP) is 1.10. The Hall–Kier alpha value is -0.870. The molecule has 0 atom stereocenters. The molecule has 0 saturated heterocycles. The molecule has 3 N–H and O–H groups in total. The lowest BCUT2D eigenvalue weighted by molar-refractivity contribution is -0.0390. The van der Waals surface area contributed by atoms with Crippen LogP contribution in [0.1, 0.15) is 25.7 Å². The first-order chi connectivity index (χ1) is 6.03. The Morgan fingerprint density at radius 1 is 1.46 bits per heavy atom. The number of nitrogens with one attached hydrogen (secondary N) is 1. The first-order valence-electron chi connectivity index (χ1n) is 4.40. The lowest BCUT2D eigenvalue weighted by Crippen LogP contribution is -2.43. The van der Waals surface area contributed by atoms with Crippen molar-refractivity contribution >= 4 is 5.96 Å². The lowest BCUT2D eigenvalue weighted by atomic mass is 9.92. The average Bonchev–Trinajstić information content (AvgIpc) is 2.08. The monoisotopic (exact) mass is 191 g/mol. The van der Waals surface area contributed by atoms with Crippen LogP contribution in [0.3, 0.4) is 0 Å². The molecule has 0 unspecified atom stereocenters. The average molecular weight is 191 g/mol. The van der Waals surface area contributed by atoms with E-state index in [0.717, 1.165) is 0 Å². The van der Waals surface area contributed by atoms with Gasteiger partial charge in [-0.3, -0.25) is 4.99 Å². The van der Waals surface area contributed by atoms with Crippen molar-refractivity contribution in [1.29, 1.82) is 0 Å². The van der Waals surface area contributed by atoms with Gasteiger partial charge in [0, 0.05) is 25.9 Å². The summed E-state index contributed by atoms with van der Waals surface area (Å²) in [6, 6.07) is 0.0586. The molecule has 13 heavy (non-hydrogen) atoms. The number of halogens is 2. The third-order valence-electron chi connectivity index (χ3n) is 2.31. The maximum atomic E-state index is 12.7. The molecule has 1 fully saturated rings. The summed E-state index contributed by atoms with van der Waals surface area (Å²) in [5.74, 6) is -2.15. The van der Waals surface area contributed by atoms with Crippen LogP contribution in [0.2, 0.25) is 0 Å². The molecule has 0 bridgehead atoms. The Labute approximate surface area is 76.4 Å². The van der Waals surface area contributed by atoms with Gasteiger partial charge in [-0.2, -0.15) is 0 Å². The minimum absolute atomic E-state index is 0.0539. The Kier molecular flexibility index (Phi) is 3.06. The lowest BCUT2D eigenvalue weighted by Gasteiger charge is -2.28. The van der Waals surface area contributed by atoms with Gasteiger partial charge >= 0.3 is 0 Å². The highest BCUT2D eigenvalue weighted by atomic mass is 19.3. The van der Waals surface area contributed by atoms with Crippen LogP contribution in [-0.2, 0) is 0 Å². The highest BCUT2D eigenvalue weighted by Gasteiger charge is 2.34. The van der Waals surface area contributed by atoms with Crippen LogP contribution in [0.4, 0.5) is 8.78 Å². The highest BCUT2D eigenvalue weighted by Crippen LogP contribution is 2.32. The summed E-state index contributed by atoms with van der Waals surface area (Å²) in [6.45, 7) is 0. The van der Waals surface area contributed by atoms with Gasteiger partial charge in [-0.15, -0.1) is 0 Å². The highest BCUT2D eigenvalue weighted by molar-refractivity contribution is 5.77. The van der Waals surface area contributed by atoms with Crippen LogP contribution < -0.4 is 11.1 Å². The SMILES string of the molecule is CN=C(N)NC1CCC(F)(F)CC1. The summed E-state index contributed by atoms with van der Waals surface area (Å²) < 4.78 is 25.4. The molecule has 0 aliphatic heterocycles. The molecule has 0 radical (unpaired) electrons. The molecular formula is C8H15F2N3. The van der Waals surface area contributed by atoms with E-state index in [1.165, 1.54) is 0 Å². The second-order valence-electron chi connectivity index (χ2n) is 3.38. The second kappa shape index (κ2) is 3.89. The number of rotatable bonds is 1. The number of alkyl halides is 2. The zero-order chi connectivity index (χ0) is 9.90. The zero-order valence-corrected chi connectivity index (χ0v) is 7.69. The van der Waals surface area contributed by atoms with Crippen LogP contribution in [0.15, 0.2) is 4.99 Å². The summed E-state index contributed by atoms with van der Waals surface area (Å²) in [7, 11) is 1.57. The maximum absolute atomic E-state index is 12.7. The van der Waals surface area contributed by atoms with Gasteiger partial charge < -0.3 is 11.1 Å². The maximum Gasteiger partial charge on any atom is 0.248 e. The molecule has 1 rings (SSSR count). The van der Waals surface area contributed by atoms with Gasteiger partial charge in [0.1, 0.15) is 0 Å². The van der Waals surface area contributed by atoms with Crippen molar-refractivity contribution in [3.63, 3.8) is 0 Å². The fourth-order valence-corrected chi connectivity index (χ4v) is 1.46. The van der Waals surface area contributed by atoms with Crippen molar-refractivity contribution in [1.82, 2.24) is 5.32 Å². The minimum Gasteiger partial charge on any atom is -0.370 e. The molecule has 0 spiro atoms. The quantitative estimate of drug-likeness (QED) is 0.481. The summed E-state index contributed by atoms with van der Waals surface area (Å²) in [5, 5.41) is 2.90. The molecule has 0 amide bonds. The Bertz CT molecular complexity index is 194. The topological polar surface area (TPSA) is 50.4 Å². The van der Waals surface area contributed by atoms with Crippen LogP contribution >= 0.6 is 0 Å². The van der Waals surface area contributed by atoms with Gasteiger partial charge in [0.25, 0.3) is 0 Å². The van der Waals surface area contributed by atoms with Crippen LogP contribution in [-0.4, -0.2) is 25.0 Å². The molecule has 1 saturated carbocycles. The largest absolute Gasteiger partial charge is 0.370 e. The molecule has 0 aromatic carbocycles. The summed E-state index contributed by atoms with van der Waals surface area (Å²) in [4.78, 5) is 3.71. The molecule has 0 aromatic rings. The van der Waals surface area contributed by atoms with E-state index >= 15 is 0 Å². The number of nitrogens with zero attached hydrogens (tertiary/aromatic N) is 1. The molecule has 0 aromatic heterocycles. The Balaban J connectivity index is 2.33. The van der Waals surface area contributed by atoms with Crippen molar-refractivity contribution in [2.45, 2.75) is 37.6 Å². The van der Waals surface area contributed by atoms with Crippen LogP contribution in [0, 0.1) is 0 Å². The molecule has 1 aliphatic rings. The van der Waals surface area contributed by atoms with E-state index in [4.69, 9.17) is 5.73 Å². The van der Waals surface area contributed by atoms with E-state index in [0.29, 0.717) is 18.8 Å². The van der Waals surface area contributed by atoms with Gasteiger partial charge in [-0.05, 0) is 12.8 Å². The van der Waals surface area contributed by atoms with Crippen molar-refractivity contribution in [3.8, 4) is 0 Å². The third kappa shape index (κ3) is 3.16. The normalized spacial score (nSPS) is 24.4. The van der Waals surface area contributed by atoms with E-state index in [-0.39, 0.29) is 18.9 Å². The standard InChI is InChI=1S/C8H15F2N3/c1-12-7(11)13-6-2-4-8(9,10)5-3-6/h6H,2-5H2,1H3,(H3,11,12,13). The third-order valence-corrected chi connectivity index (χ3v) is 2.31. The van der Waals surface area contributed by atoms with E-state index < -0.39 is 5.92 Å². The van der Waals surface area contributed by atoms with Gasteiger partial charge in [0.2, 0.25) is 5.92 Å². The van der Waals surface area contributed by atoms with E-state index in [1.807, 2.05) is 0 Å². The Morgan fingerprint density at radius 2 is 2.00 bits per heavy atom. The fraction of sp³-hybridized carbons (Fsp3) is 0.875. The summed E-state index contributed by atoms with van der Waals surface area (Å²) in [5.41, 5.74) is 5.42. The smallest absolute Gasteiger partial charge is 0.248 e. The molecule has 0 heterocycles. The van der Waals surface area contributed by atoms with Crippen LogP contribution in [0.5, 0.6) is 0 Å². The molecule has 76 valence electrons. The first kappa shape index (κ1) is 10.2. The van der Waals surface area contributed by atoms with Crippen molar-refractivity contribution in [3.05, 3.63) is 0 Å². The van der Waals surface area contributed by atoms with Gasteiger partial charge in [0.15, 0.2) is 5.96 Å². The summed E-state index contributed by atoms with van der Waals surface area (Å²) in [6.07, 6.45) is 0.815. The minimum atomic E-state index is -2.48. The van der Waals surface area contributed by atoms with Gasteiger partial charge in [-0.25, -0.2) is 8.78 Å². The summed E-state index contributed by atoms with van der Waals surface area (Å²) >= 11 is 0. The number of hydrogen-bond donors (Lipinski definition) is 2. The first-order valence-corrected chi connectivity index (χ1v) is 4.40. The van der Waals surface area contributed by atoms with E-state index in [2.05, 4.69) is 10.3 Å². The van der Waals surface area contributed by atoms with Crippen molar-refractivity contribution < 1.29 is 8.78 Å². The Morgan fingerprint density at radius 3 is 2.46 bits per heavy atom. The molecule has 5 heteroatoms. The van der Waals surface area contributed by atoms with Gasteiger partial charge in [0.05, 0.1) is 0 Å². The van der Waals surface area contributed by atoms with E-state index in [1.54, 1.807) is 7.05 Å². The fourth-order valence-electron chi connectivity index (χ4n) is 1.46. The van der Waals surface area contributed by atoms with E-state index in [9.17, 15) is 8.78 Å². The van der Waals surface area contributed by atoms with Crippen LogP contribution in [0.25, 0.3) is 0 Å². The number of hydrogen-bond acceptors (Lipinski definition) is 1. The molecule has 1 aliphatic carbocycles. The predicted molar refractivity (Wildman–Crippen MR) is 47.9 cm³/mol. The zero-order valence-electron chi connectivity index (χ0n) is 7.69. The number of guanidine groups is 1. The van der Waals surface area contributed by atoms with Crippen molar-refractivity contribution in [2.75, 3.05) is 7.05 Å². The molecular weight excluding hydrogens is 176 g/mol. The molecule has 3 nitrogen and oxygen atoms in total. The number of aliphatic imine (C=N–C) groups is 1. The second-order valence-corrected chi connectivity index (χ2v) is 3.38. The van der Waals surface area contributed by atoms with Crippen molar-refractivity contribution in [2.24, 2.45) is 10.7 Å².